The van der Waals surface area contributed by atoms with E-state index in [1.807, 2.05) is 6.07 Å². The molecule has 2 aromatic carbocycles. The van der Waals surface area contributed by atoms with Crippen LogP contribution in [0.25, 0.3) is 22.4 Å². The first-order valence-corrected chi connectivity index (χ1v) is 9.61. The quantitative estimate of drug-likeness (QED) is 0.490. The van der Waals surface area contributed by atoms with Crippen molar-refractivity contribution in [3.8, 4) is 11.3 Å². The molecule has 0 atom stereocenters. The maximum Gasteiger partial charge on any atom is 0.266 e. The summed E-state index contributed by atoms with van der Waals surface area (Å²) in [6.45, 7) is 0.296. The molecular formula is C21H15ClF2N4O3. The number of hydrogen-bond acceptors (Lipinski definition) is 5. The first-order valence-electron chi connectivity index (χ1n) is 9.24. The van der Waals surface area contributed by atoms with Gasteiger partial charge < -0.3 is 9.84 Å². The van der Waals surface area contributed by atoms with Crippen molar-refractivity contribution in [1.82, 2.24) is 20.0 Å². The molecule has 4 aromatic rings. The highest BCUT2D eigenvalue weighted by Crippen LogP contribution is 2.25. The fourth-order valence-electron chi connectivity index (χ4n) is 3.07. The van der Waals surface area contributed by atoms with E-state index in [0.717, 1.165) is 17.7 Å². The molecule has 0 bridgehead atoms. The van der Waals surface area contributed by atoms with Crippen LogP contribution in [0.1, 0.15) is 12.0 Å². The molecule has 1 N–H and O–H groups in total. The third kappa shape index (κ3) is 4.46. The molecule has 0 aliphatic heterocycles. The number of hydrogen-bond donors (Lipinski definition) is 1. The summed E-state index contributed by atoms with van der Waals surface area (Å²) >= 11 is 6.06. The van der Waals surface area contributed by atoms with E-state index in [1.165, 1.54) is 10.9 Å². The van der Waals surface area contributed by atoms with Gasteiger partial charge in [0.15, 0.2) is 0 Å². The van der Waals surface area contributed by atoms with Crippen LogP contribution in [0.4, 0.5) is 8.78 Å². The standard InChI is InChI=1S/C21H15ClF2N4O3/c22-16-4-2-1-3-12(16)10-25-17(29)5-6-28-11-26-20-18(21(28)30)19(27-31-20)13-7-14(23)9-15(24)8-13/h1-4,7-9,11H,5-6,10H2,(H,25,29). The van der Waals surface area contributed by atoms with Gasteiger partial charge in [-0.1, -0.05) is 35.0 Å². The maximum atomic E-state index is 13.6. The third-order valence-electron chi connectivity index (χ3n) is 4.61. The Balaban J connectivity index is 1.52. The van der Waals surface area contributed by atoms with Crippen LogP contribution in [0.5, 0.6) is 0 Å². The molecule has 7 nitrogen and oxygen atoms in total. The van der Waals surface area contributed by atoms with Gasteiger partial charge >= 0.3 is 0 Å². The van der Waals surface area contributed by atoms with Crippen molar-refractivity contribution < 1.29 is 18.1 Å². The van der Waals surface area contributed by atoms with E-state index in [4.69, 9.17) is 16.1 Å². The molecule has 0 fully saturated rings. The zero-order valence-electron chi connectivity index (χ0n) is 15.9. The fraction of sp³-hybridized carbons (Fsp3) is 0.143. The summed E-state index contributed by atoms with van der Waals surface area (Å²) in [6, 6.07) is 9.93. The van der Waals surface area contributed by atoms with Gasteiger partial charge in [-0.25, -0.2) is 13.8 Å². The molecule has 2 heterocycles. The van der Waals surface area contributed by atoms with Crippen molar-refractivity contribution in [2.45, 2.75) is 19.5 Å². The number of carbonyl (C=O) groups excluding carboxylic acids is 1. The maximum absolute atomic E-state index is 13.6. The van der Waals surface area contributed by atoms with E-state index in [2.05, 4.69) is 15.5 Å². The lowest BCUT2D eigenvalue weighted by Crippen LogP contribution is -2.27. The van der Waals surface area contributed by atoms with E-state index in [9.17, 15) is 18.4 Å². The van der Waals surface area contributed by atoms with E-state index in [1.54, 1.807) is 18.2 Å². The van der Waals surface area contributed by atoms with Crippen LogP contribution in [0.3, 0.4) is 0 Å². The lowest BCUT2D eigenvalue weighted by molar-refractivity contribution is -0.121. The van der Waals surface area contributed by atoms with Gasteiger partial charge in [-0.2, -0.15) is 0 Å². The minimum atomic E-state index is -0.814. The molecule has 0 unspecified atom stereocenters. The normalized spacial score (nSPS) is 11.1. The molecule has 4 rings (SSSR count). The van der Waals surface area contributed by atoms with Gasteiger partial charge in [-0.3, -0.25) is 14.2 Å². The van der Waals surface area contributed by atoms with E-state index >= 15 is 0 Å². The number of carbonyl (C=O) groups is 1. The number of aryl methyl sites for hydroxylation is 1. The Bertz CT molecular complexity index is 1320. The monoisotopic (exact) mass is 444 g/mol. The highest BCUT2D eigenvalue weighted by molar-refractivity contribution is 6.31. The van der Waals surface area contributed by atoms with Gasteiger partial charge in [0, 0.05) is 36.2 Å². The van der Waals surface area contributed by atoms with Gasteiger partial charge in [0.25, 0.3) is 11.3 Å². The van der Waals surface area contributed by atoms with Gasteiger partial charge in [-0.15, -0.1) is 0 Å². The van der Waals surface area contributed by atoms with Crippen LogP contribution in [0, 0.1) is 11.6 Å². The molecule has 31 heavy (non-hydrogen) atoms. The molecular weight excluding hydrogens is 430 g/mol. The van der Waals surface area contributed by atoms with E-state index in [0.29, 0.717) is 11.1 Å². The van der Waals surface area contributed by atoms with Crippen molar-refractivity contribution >= 4 is 28.6 Å². The van der Waals surface area contributed by atoms with Gasteiger partial charge in [0.2, 0.25) is 5.91 Å². The van der Waals surface area contributed by atoms with Gasteiger partial charge in [0.1, 0.15) is 29.0 Å². The highest BCUT2D eigenvalue weighted by Gasteiger charge is 2.18. The predicted octanol–water partition coefficient (Wildman–Crippen LogP) is 3.69. The first-order chi connectivity index (χ1) is 14.9. The zero-order chi connectivity index (χ0) is 22.0. The van der Waals surface area contributed by atoms with E-state index in [-0.39, 0.29) is 47.8 Å². The Hall–Kier alpha value is -3.59. The number of rotatable bonds is 6. The second-order valence-electron chi connectivity index (χ2n) is 6.73. The van der Waals surface area contributed by atoms with Crippen LogP contribution in [0.15, 0.2) is 58.1 Å². The highest BCUT2D eigenvalue weighted by atomic mass is 35.5. The van der Waals surface area contributed by atoms with Crippen molar-refractivity contribution in [2.75, 3.05) is 0 Å². The van der Waals surface area contributed by atoms with Crippen molar-refractivity contribution in [1.29, 1.82) is 0 Å². The van der Waals surface area contributed by atoms with Crippen LogP contribution in [0.2, 0.25) is 5.02 Å². The number of amides is 1. The first kappa shape index (κ1) is 20.7. The molecule has 0 saturated heterocycles. The molecule has 0 saturated carbocycles. The summed E-state index contributed by atoms with van der Waals surface area (Å²) in [5.74, 6) is -1.92. The summed E-state index contributed by atoms with van der Waals surface area (Å²) in [4.78, 5) is 29.1. The average molecular weight is 445 g/mol. The van der Waals surface area contributed by atoms with Crippen LogP contribution < -0.4 is 10.9 Å². The molecule has 2 aromatic heterocycles. The van der Waals surface area contributed by atoms with Crippen LogP contribution >= 0.6 is 11.6 Å². The minimum Gasteiger partial charge on any atom is -0.352 e. The number of benzene rings is 2. The summed E-state index contributed by atoms with van der Waals surface area (Å²) in [6.07, 6.45) is 1.24. The molecule has 1 amide bonds. The molecule has 158 valence electrons. The van der Waals surface area contributed by atoms with Crippen molar-refractivity contribution in [3.63, 3.8) is 0 Å². The molecule has 10 heteroatoms. The summed E-state index contributed by atoms with van der Waals surface area (Å²) in [5.41, 5.74) is 0.192. The fourth-order valence-corrected chi connectivity index (χ4v) is 3.28. The molecule has 0 radical (unpaired) electrons. The van der Waals surface area contributed by atoms with Gasteiger partial charge in [0.05, 0.1) is 0 Å². The second kappa shape index (κ2) is 8.65. The predicted molar refractivity (Wildman–Crippen MR) is 109 cm³/mol. The Labute approximate surface area is 179 Å². The number of halogens is 3. The van der Waals surface area contributed by atoms with Crippen molar-refractivity contribution in [2.24, 2.45) is 0 Å². The summed E-state index contributed by atoms with van der Waals surface area (Å²) < 4.78 is 33.4. The van der Waals surface area contributed by atoms with Crippen LogP contribution in [-0.4, -0.2) is 20.6 Å². The smallest absolute Gasteiger partial charge is 0.266 e. The van der Waals surface area contributed by atoms with E-state index < -0.39 is 17.2 Å². The number of nitrogens with one attached hydrogen (secondary N) is 1. The average Bonchev–Trinajstić information content (AvgIpc) is 3.17. The molecule has 0 aliphatic carbocycles. The van der Waals surface area contributed by atoms with Crippen molar-refractivity contribution in [3.05, 3.63) is 81.4 Å². The summed E-state index contributed by atoms with van der Waals surface area (Å²) in [7, 11) is 0. The Morgan fingerprint density at radius 2 is 1.90 bits per heavy atom. The van der Waals surface area contributed by atoms with Gasteiger partial charge in [-0.05, 0) is 23.8 Å². The topological polar surface area (TPSA) is 90.0 Å². The Morgan fingerprint density at radius 1 is 1.16 bits per heavy atom. The zero-order valence-corrected chi connectivity index (χ0v) is 16.7. The minimum absolute atomic E-state index is 0.00670. The molecule has 0 aliphatic rings. The number of aromatic nitrogens is 3. The molecule has 0 spiro atoms. The Kier molecular flexibility index (Phi) is 5.77. The number of fused-ring (bicyclic) bond motifs is 1. The summed E-state index contributed by atoms with van der Waals surface area (Å²) in [5, 5.41) is 7.00. The number of nitrogens with zero attached hydrogens (tertiary/aromatic N) is 3. The lowest BCUT2D eigenvalue weighted by Gasteiger charge is -2.08. The van der Waals surface area contributed by atoms with Crippen LogP contribution in [-0.2, 0) is 17.9 Å². The largest absolute Gasteiger partial charge is 0.352 e. The lowest BCUT2D eigenvalue weighted by atomic mass is 10.1. The second-order valence-corrected chi connectivity index (χ2v) is 7.14. The SMILES string of the molecule is O=C(CCn1cnc2onc(-c3cc(F)cc(F)c3)c2c1=O)NCc1ccccc1Cl. The third-order valence-corrected chi connectivity index (χ3v) is 4.98. The Morgan fingerprint density at radius 3 is 2.65 bits per heavy atom.